The molecular weight excluding hydrogens is 412 g/mol. The molecule has 0 bridgehead atoms. The number of imide groups is 1. The number of ether oxygens (including phenoxy) is 1. The van der Waals surface area contributed by atoms with Crippen molar-refractivity contribution in [3.63, 3.8) is 0 Å². The van der Waals surface area contributed by atoms with E-state index in [2.05, 4.69) is 12.2 Å². The SMILES string of the molecule is CCc1ccc(NC2=C(c3ccccc3)C(=O)N(c3cc(Cl)ccc3OC)C2=O)cc1. The molecule has 0 fully saturated rings. The summed E-state index contributed by atoms with van der Waals surface area (Å²) in [5.74, 6) is -0.527. The van der Waals surface area contributed by atoms with Crippen molar-refractivity contribution < 1.29 is 14.3 Å². The zero-order valence-electron chi connectivity index (χ0n) is 17.2. The predicted molar refractivity (Wildman–Crippen MR) is 123 cm³/mol. The molecule has 1 N–H and O–H groups in total. The summed E-state index contributed by atoms with van der Waals surface area (Å²) in [7, 11) is 1.48. The second-order valence-electron chi connectivity index (χ2n) is 7.05. The van der Waals surface area contributed by atoms with Crippen LogP contribution in [-0.4, -0.2) is 18.9 Å². The van der Waals surface area contributed by atoms with Gasteiger partial charge in [0.25, 0.3) is 11.8 Å². The van der Waals surface area contributed by atoms with Crippen LogP contribution in [0.3, 0.4) is 0 Å². The molecule has 1 aliphatic rings. The quantitative estimate of drug-likeness (QED) is 0.536. The first-order valence-electron chi connectivity index (χ1n) is 9.91. The zero-order valence-corrected chi connectivity index (χ0v) is 17.9. The smallest absolute Gasteiger partial charge is 0.282 e. The fraction of sp³-hybridized carbons (Fsp3) is 0.120. The van der Waals surface area contributed by atoms with Gasteiger partial charge >= 0.3 is 0 Å². The summed E-state index contributed by atoms with van der Waals surface area (Å²) in [5.41, 5.74) is 3.37. The molecule has 0 saturated heterocycles. The summed E-state index contributed by atoms with van der Waals surface area (Å²) in [4.78, 5) is 28.1. The molecule has 0 atom stereocenters. The second-order valence-corrected chi connectivity index (χ2v) is 7.49. The standard InChI is InChI=1S/C25H21ClN2O3/c1-3-16-9-12-19(13-10-16)27-23-22(17-7-5-4-6-8-17)24(29)28(25(23)30)20-15-18(26)11-14-21(20)31-2/h4-15,27H,3H2,1-2H3. The highest BCUT2D eigenvalue weighted by Crippen LogP contribution is 2.39. The van der Waals surface area contributed by atoms with Gasteiger partial charge in [0, 0.05) is 10.7 Å². The number of benzene rings is 3. The Morgan fingerprint density at radius 2 is 1.65 bits per heavy atom. The van der Waals surface area contributed by atoms with Crippen molar-refractivity contribution in [1.29, 1.82) is 0 Å². The third kappa shape index (κ3) is 3.92. The number of methoxy groups -OCH3 is 1. The maximum atomic E-state index is 13.5. The normalized spacial score (nSPS) is 13.7. The summed E-state index contributed by atoms with van der Waals surface area (Å²) in [6.07, 6.45) is 0.915. The average molecular weight is 433 g/mol. The number of nitrogens with one attached hydrogen (secondary N) is 1. The number of rotatable bonds is 6. The molecule has 156 valence electrons. The first-order valence-corrected chi connectivity index (χ1v) is 10.3. The van der Waals surface area contributed by atoms with E-state index in [1.165, 1.54) is 12.7 Å². The number of nitrogens with zero attached hydrogens (tertiary/aromatic N) is 1. The Bertz CT molecular complexity index is 1170. The number of carbonyl (C=O) groups is 2. The average Bonchev–Trinajstić information content (AvgIpc) is 3.04. The van der Waals surface area contributed by atoms with Gasteiger partial charge in [-0.1, -0.05) is 61.0 Å². The molecule has 1 heterocycles. The number of anilines is 2. The van der Waals surface area contributed by atoms with Crippen LogP contribution < -0.4 is 15.0 Å². The Morgan fingerprint density at radius 1 is 0.935 bits per heavy atom. The van der Waals surface area contributed by atoms with Crippen LogP contribution in [0.25, 0.3) is 5.57 Å². The molecule has 3 aromatic rings. The number of hydrogen-bond donors (Lipinski definition) is 1. The van der Waals surface area contributed by atoms with Gasteiger partial charge in [-0.2, -0.15) is 0 Å². The first-order chi connectivity index (χ1) is 15.0. The summed E-state index contributed by atoms with van der Waals surface area (Å²) < 4.78 is 5.39. The lowest BCUT2D eigenvalue weighted by molar-refractivity contribution is -0.120. The molecule has 4 rings (SSSR count). The van der Waals surface area contributed by atoms with E-state index < -0.39 is 11.8 Å². The lowest BCUT2D eigenvalue weighted by atomic mass is 10.0. The minimum Gasteiger partial charge on any atom is -0.495 e. The monoisotopic (exact) mass is 432 g/mol. The number of aryl methyl sites for hydroxylation is 1. The van der Waals surface area contributed by atoms with E-state index >= 15 is 0 Å². The van der Waals surface area contributed by atoms with E-state index in [9.17, 15) is 9.59 Å². The molecule has 6 heteroatoms. The van der Waals surface area contributed by atoms with Gasteiger partial charge in [0.2, 0.25) is 0 Å². The van der Waals surface area contributed by atoms with Crippen molar-refractivity contribution in [2.24, 2.45) is 0 Å². The van der Waals surface area contributed by atoms with Crippen LogP contribution in [-0.2, 0) is 16.0 Å². The van der Waals surface area contributed by atoms with Crippen LogP contribution in [0.2, 0.25) is 5.02 Å². The van der Waals surface area contributed by atoms with E-state index in [0.29, 0.717) is 27.6 Å². The summed E-state index contributed by atoms with van der Waals surface area (Å²) in [6.45, 7) is 2.08. The molecule has 2 amide bonds. The maximum absolute atomic E-state index is 13.5. The Morgan fingerprint density at radius 3 is 2.29 bits per heavy atom. The summed E-state index contributed by atoms with van der Waals surface area (Å²) in [6, 6.07) is 21.7. The van der Waals surface area contributed by atoms with E-state index in [-0.39, 0.29) is 5.70 Å². The summed E-state index contributed by atoms with van der Waals surface area (Å²) >= 11 is 6.16. The van der Waals surface area contributed by atoms with Crippen LogP contribution >= 0.6 is 11.6 Å². The van der Waals surface area contributed by atoms with Crippen molar-refractivity contribution in [1.82, 2.24) is 0 Å². The molecule has 0 radical (unpaired) electrons. The lowest BCUT2D eigenvalue weighted by Crippen LogP contribution is -2.32. The van der Waals surface area contributed by atoms with Gasteiger partial charge in [-0.25, -0.2) is 4.90 Å². The van der Waals surface area contributed by atoms with E-state index in [1.807, 2.05) is 42.5 Å². The van der Waals surface area contributed by atoms with Gasteiger partial charge in [-0.05, 0) is 47.9 Å². The molecule has 0 aliphatic carbocycles. The minimum atomic E-state index is -0.469. The zero-order chi connectivity index (χ0) is 22.0. The van der Waals surface area contributed by atoms with Gasteiger partial charge < -0.3 is 10.1 Å². The third-order valence-corrected chi connectivity index (χ3v) is 5.39. The molecule has 5 nitrogen and oxygen atoms in total. The maximum Gasteiger partial charge on any atom is 0.282 e. The second kappa shape index (κ2) is 8.66. The van der Waals surface area contributed by atoms with Crippen LogP contribution in [0.1, 0.15) is 18.1 Å². The van der Waals surface area contributed by atoms with Crippen molar-refractivity contribution in [3.8, 4) is 5.75 Å². The molecule has 1 aliphatic heterocycles. The van der Waals surface area contributed by atoms with E-state index in [4.69, 9.17) is 16.3 Å². The highest BCUT2D eigenvalue weighted by Gasteiger charge is 2.41. The van der Waals surface area contributed by atoms with Crippen molar-refractivity contribution >= 4 is 40.4 Å². The van der Waals surface area contributed by atoms with Crippen molar-refractivity contribution in [3.05, 3.63) is 94.6 Å². The Labute approximate surface area is 185 Å². The molecule has 31 heavy (non-hydrogen) atoms. The van der Waals surface area contributed by atoms with Crippen LogP contribution in [0.5, 0.6) is 5.75 Å². The van der Waals surface area contributed by atoms with Gasteiger partial charge in [0.15, 0.2) is 0 Å². The fourth-order valence-electron chi connectivity index (χ4n) is 3.54. The molecular formula is C25H21ClN2O3. The van der Waals surface area contributed by atoms with Gasteiger partial charge in [0.05, 0.1) is 18.4 Å². The van der Waals surface area contributed by atoms with E-state index in [1.54, 1.807) is 30.3 Å². The largest absolute Gasteiger partial charge is 0.495 e. The van der Waals surface area contributed by atoms with Crippen LogP contribution in [0.4, 0.5) is 11.4 Å². The summed E-state index contributed by atoms with van der Waals surface area (Å²) in [5, 5.41) is 3.56. The van der Waals surface area contributed by atoms with Gasteiger partial charge in [0.1, 0.15) is 11.4 Å². The number of carbonyl (C=O) groups excluding carboxylic acids is 2. The predicted octanol–water partition coefficient (Wildman–Crippen LogP) is 5.31. The van der Waals surface area contributed by atoms with Gasteiger partial charge in [-0.3, -0.25) is 9.59 Å². The van der Waals surface area contributed by atoms with Gasteiger partial charge in [-0.15, -0.1) is 0 Å². The highest BCUT2D eigenvalue weighted by molar-refractivity contribution is 6.46. The first kappa shape index (κ1) is 20.7. The number of hydrogen-bond acceptors (Lipinski definition) is 4. The molecule has 0 spiro atoms. The third-order valence-electron chi connectivity index (χ3n) is 5.16. The number of halogens is 1. The lowest BCUT2D eigenvalue weighted by Gasteiger charge is -2.18. The highest BCUT2D eigenvalue weighted by atomic mass is 35.5. The molecule has 0 saturated carbocycles. The fourth-order valence-corrected chi connectivity index (χ4v) is 3.71. The Balaban J connectivity index is 1.82. The topological polar surface area (TPSA) is 58.6 Å². The Hall–Kier alpha value is -3.57. The Kier molecular flexibility index (Phi) is 5.78. The van der Waals surface area contributed by atoms with Crippen LogP contribution in [0.15, 0.2) is 78.5 Å². The van der Waals surface area contributed by atoms with Crippen molar-refractivity contribution in [2.75, 3.05) is 17.3 Å². The van der Waals surface area contributed by atoms with Crippen LogP contribution in [0, 0.1) is 0 Å². The number of amides is 2. The minimum absolute atomic E-state index is 0.211. The van der Waals surface area contributed by atoms with Crippen molar-refractivity contribution in [2.45, 2.75) is 13.3 Å². The van der Waals surface area contributed by atoms with E-state index in [0.717, 1.165) is 17.0 Å². The molecule has 0 aromatic heterocycles. The molecule has 0 unspecified atom stereocenters. The molecule has 3 aromatic carbocycles.